The molecule has 1 amide bonds. The number of anilines is 1. The van der Waals surface area contributed by atoms with E-state index in [4.69, 9.17) is 17.0 Å². The molecule has 1 unspecified atom stereocenters. The Morgan fingerprint density at radius 3 is 2.64 bits per heavy atom. The molecule has 1 N–H and O–H groups in total. The predicted octanol–water partition coefficient (Wildman–Crippen LogP) is 3.66. The molecule has 4 rings (SSSR count). The largest absolute Gasteiger partial charge is 0.485 e. The number of nitrogens with zero attached hydrogens (tertiary/aromatic N) is 1. The number of carbonyl (C=O) groups is 1. The minimum absolute atomic E-state index is 0.142. The zero-order chi connectivity index (χ0) is 17.4. The fraction of sp³-hybridized carbons (Fsp3) is 0.100. The van der Waals surface area contributed by atoms with Crippen molar-refractivity contribution in [1.29, 1.82) is 0 Å². The lowest BCUT2D eigenvalue weighted by atomic mass is 10.0. The van der Waals surface area contributed by atoms with Gasteiger partial charge in [0.1, 0.15) is 17.6 Å². The Balaban J connectivity index is 1.68. The molecule has 2 aromatic carbocycles. The molecule has 2 heterocycles. The Morgan fingerprint density at radius 1 is 1.12 bits per heavy atom. The summed E-state index contributed by atoms with van der Waals surface area (Å²) in [6, 6.07) is 17.2. The molecule has 0 aromatic heterocycles. The highest BCUT2D eigenvalue weighted by Gasteiger charge is 2.32. The van der Waals surface area contributed by atoms with Crippen LogP contribution in [0.4, 0.5) is 5.69 Å². The van der Waals surface area contributed by atoms with Crippen LogP contribution in [-0.4, -0.2) is 17.1 Å². The van der Waals surface area contributed by atoms with Crippen LogP contribution in [0.2, 0.25) is 0 Å². The minimum atomic E-state index is -0.164. The number of amides is 1. The summed E-state index contributed by atoms with van der Waals surface area (Å²) in [5, 5.41) is 3.40. The third-order valence-electron chi connectivity index (χ3n) is 4.22. The number of para-hydroxylation sites is 2. The molecule has 0 bridgehead atoms. The minimum Gasteiger partial charge on any atom is -0.485 e. The van der Waals surface area contributed by atoms with E-state index in [1.165, 1.54) is 4.90 Å². The van der Waals surface area contributed by atoms with Crippen molar-refractivity contribution >= 4 is 35.0 Å². The van der Waals surface area contributed by atoms with E-state index in [0.717, 1.165) is 22.6 Å². The van der Waals surface area contributed by atoms with Gasteiger partial charge in [-0.3, -0.25) is 9.69 Å². The number of ether oxygens (including phenoxy) is 1. The van der Waals surface area contributed by atoms with Crippen molar-refractivity contribution in [2.45, 2.75) is 13.0 Å². The Bertz CT molecular complexity index is 918. The molecule has 0 radical (unpaired) electrons. The van der Waals surface area contributed by atoms with Gasteiger partial charge in [-0.05, 0) is 55.1 Å². The van der Waals surface area contributed by atoms with Crippen LogP contribution in [0.25, 0.3) is 6.08 Å². The lowest BCUT2D eigenvalue weighted by molar-refractivity contribution is -0.113. The van der Waals surface area contributed by atoms with Gasteiger partial charge in [0.15, 0.2) is 5.11 Å². The summed E-state index contributed by atoms with van der Waals surface area (Å²) in [5.41, 5.74) is 3.13. The van der Waals surface area contributed by atoms with Gasteiger partial charge >= 0.3 is 0 Å². The van der Waals surface area contributed by atoms with Gasteiger partial charge in [0.2, 0.25) is 0 Å². The van der Waals surface area contributed by atoms with Gasteiger partial charge < -0.3 is 10.1 Å². The van der Waals surface area contributed by atoms with Crippen molar-refractivity contribution in [2.75, 3.05) is 4.90 Å². The second kappa shape index (κ2) is 6.18. The standard InChI is InChI=1S/C20H16N2O2S/c1-13-15(11-14-7-5-6-10-18(14)24-13)12-17-19(23)22(20(25)21-17)16-8-3-2-4-9-16/h2-13H,1H3,(H,21,25)/b17-12-. The van der Waals surface area contributed by atoms with Crippen molar-refractivity contribution in [1.82, 2.24) is 5.32 Å². The average Bonchev–Trinajstić information content (AvgIpc) is 2.90. The van der Waals surface area contributed by atoms with Crippen molar-refractivity contribution in [3.05, 3.63) is 77.5 Å². The van der Waals surface area contributed by atoms with E-state index in [1.807, 2.05) is 73.7 Å². The first kappa shape index (κ1) is 15.6. The van der Waals surface area contributed by atoms with Crippen LogP contribution in [0, 0.1) is 0 Å². The Kier molecular flexibility index (Phi) is 3.86. The van der Waals surface area contributed by atoms with Gasteiger partial charge in [-0.1, -0.05) is 36.4 Å². The summed E-state index contributed by atoms with van der Waals surface area (Å²) in [5.74, 6) is 0.687. The Morgan fingerprint density at radius 2 is 1.84 bits per heavy atom. The van der Waals surface area contributed by atoms with Crippen LogP contribution in [0.5, 0.6) is 5.75 Å². The van der Waals surface area contributed by atoms with Gasteiger partial charge in [-0.25, -0.2) is 0 Å². The number of rotatable bonds is 2. The molecule has 2 aliphatic rings. The van der Waals surface area contributed by atoms with E-state index in [1.54, 1.807) is 0 Å². The van der Waals surface area contributed by atoms with E-state index >= 15 is 0 Å². The monoisotopic (exact) mass is 348 g/mol. The van der Waals surface area contributed by atoms with Crippen LogP contribution in [0.1, 0.15) is 12.5 Å². The first-order valence-electron chi connectivity index (χ1n) is 8.03. The van der Waals surface area contributed by atoms with E-state index in [-0.39, 0.29) is 12.0 Å². The number of nitrogens with one attached hydrogen (secondary N) is 1. The van der Waals surface area contributed by atoms with Crippen LogP contribution in [-0.2, 0) is 4.79 Å². The van der Waals surface area contributed by atoms with Crippen LogP contribution in [0.15, 0.2) is 71.9 Å². The second-order valence-corrected chi connectivity index (χ2v) is 6.29. The van der Waals surface area contributed by atoms with Gasteiger partial charge in [0, 0.05) is 5.56 Å². The zero-order valence-corrected chi connectivity index (χ0v) is 14.4. The number of hydrogen-bond donors (Lipinski definition) is 1. The third-order valence-corrected chi connectivity index (χ3v) is 4.50. The maximum atomic E-state index is 12.8. The van der Waals surface area contributed by atoms with Gasteiger partial charge in [-0.15, -0.1) is 0 Å². The van der Waals surface area contributed by atoms with Gasteiger partial charge in [0.25, 0.3) is 5.91 Å². The van der Waals surface area contributed by atoms with Crippen LogP contribution in [0.3, 0.4) is 0 Å². The molecule has 4 nitrogen and oxygen atoms in total. The molecule has 0 saturated carbocycles. The fourth-order valence-corrected chi connectivity index (χ4v) is 3.23. The topological polar surface area (TPSA) is 41.6 Å². The summed E-state index contributed by atoms with van der Waals surface area (Å²) in [6.45, 7) is 1.96. The Hall–Kier alpha value is -2.92. The Labute approximate surface area is 151 Å². The lowest BCUT2D eigenvalue weighted by Gasteiger charge is -2.23. The van der Waals surface area contributed by atoms with Crippen molar-refractivity contribution in [3.63, 3.8) is 0 Å². The van der Waals surface area contributed by atoms with E-state index < -0.39 is 0 Å². The summed E-state index contributed by atoms with van der Waals surface area (Å²) < 4.78 is 5.93. The van der Waals surface area contributed by atoms with Gasteiger partial charge in [0.05, 0.1) is 5.69 Å². The summed E-state index contributed by atoms with van der Waals surface area (Å²) in [4.78, 5) is 14.3. The molecule has 2 aliphatic heterocycles. The summed E-state index contributed by atoms with van der Waals surface area (Å²) in [6.07, 6.45) is 3.72. The number of carbonyl (C=O) groups excluding carboxylic acids is 1. The third kappa shape index (κ3) is 2.83. The number of fused-ring (bicyclic) bond motifs is 1. The molecular formula is C20H16N2O2S. The normalized spacial score (nSPS) is 20.8. The first-order chi connectivity index (χ1) is 12.1. The molecule has 1 fully saturated rings. The summed E-state index contributed by atoms with van der Waals surface area (Å²) >= 11 is 5.34. The highest BCUT2D eigenvalue weighted by Crippen LogP contribution is 2.31. The van der Waals surface area contributed by atoms with Crippen LogP contribution < -0.4 is 15.0 Å². The molecule has 1 atom stereocenters. The fourth-order valence-electron chi connectivity index (χ4n) is 2.93. The SMILES string of the molecule is CC1Oc2ccccc2C=C1/C=C1\NC(=S)N(c2ccccc2)C1=O. The van der Waals surface area contributed by atoms with Crippen LogP contribution >= 0.6 is 12.2 Å². The quantitative estimate of drug-likeness (QED) is 0.664. The second-order valence-electron chi connectivity index (χ2n) is 5.91. The molecule has 0 aliphatic carbocycles. The van der Waals surface area contributed by atoms with E-state index in [2.05, 4.69) is 5.32 Å². The van der Waals surface area contributed by atoms with E-state index in [9.17, 15) is 4.79 Å². The molecule has 1 saturated heterocycles. The molecule has 124 valence electrons. The highest BCUT2D eigenvalue weighted by molar-refractivity contribution is 7.80. The smallest absolute Gasteiger partial charge is 0.281 e. The average molecular weight is 348 g/mol. The van der Waals surface area contributed by atoms with E-state index in [0.29, 0.717) is 10.8 Å². The number of thiocarbonyl (C=S) groups is 1. The maximum Gasteiger partial charge on any atom is 0.281 e. The first-order valence-corrected chi connectivity index (χ1v) is 8.44. The molecular weight excluding hydrogens is 332 g/mol. The molecule has 0 spiro atoms. The highest BCUT2D eigenvalue weighted by atomic mass is 32.1. The van der Waals surface area contributed by atoms with Crippen molar-refractivity contribution in [2.24, 2.45) is 0 Å². The maximum absolute atomic E-state index is 12.8. The van der Waals surface area contributed by atoms with Crippen molar-refractivity contribution < 1.29 is 9.53 Å². The molecule has 25 heavy (non-hydrogen) atoms. The lowest BCUT2D eigenvalue weighted by Crippen LogP contribution is -2.30. The van der Waals surface area contributed by atoms with Crippen molar-refractivity contribution in [3.8, 4) is 5.75 Å². The zero-order valence-electron chi connectivity index (χ0n) is 13.6. The predicted molar refractivity (Wildman–Crippen MR) is 102 cm³/mol. The number of hydrogen-bond acceptors (Lipinski definition) is 3. The summed E-state index contributed by atoms with van der Waals surface area (Å²) in [7, 11) is 0. The molecule has 5 heteroatoms. The number of benzene rings is 2. The molecule has 2 aromatic rings. The van der Waals surface area contributed by atoms with Gasteiger partial charge in [-0.2, -0.15) is 0 Å².